The summed E-state index contributed by atoms with van der Waals surface area (Å²) in [6.07, 6.45) is 6.78. The van der Waals surface area contributed by atoms with Gasteiger partial charge in [-0.25, -0.2) is 0 Å². The Bertz CT molecular complexity index is 720. The minimum Gasteiger partial charge on any atom is -0.485 e. The molecule has 27 heavy (non-hydrogen) atoms. The molecule has 1 rings (SSSR count). The standard InChI is InChI=1S/C23H32O3S/c1-16(2)22(26-23(5,6)15-24)18(4)14-17(3)8-13-21(25)19-9-11-20(27-7)12-10-19/h8-14,21,24-25H,3,15H2,1-2,4-7H3/b13-8+,18-14-. The van der Waals surface area contributed by atoms with Gasteiger partial charge in [0.15, 0.2) is 0 Å². The van der Waals surface area contributed by atoms with Gasteiger partial charge in [-0.05, 0) is 81.4 Å². The fourth-order valence-electron chi connectivity index (χ4n) is 2.40. The van der Waals surface area contributed by atoms with E-state index in [-0.39, 0.29) is 6.61 Å². The average molecular weight is 389 g/mol. The number of hydrogen-bond acceptors (Lipinski definition) is 4. The van der Waals surface area contributed by atoms with E-state index in [1.807, 2.05) is 71.2 Å². The molecule has 1 aromatic carbocycles. The highest BCUT2D eigenvalue weighted by Gasteiger charge is 2.21. The van der Waals surface area contributed by atoms with Gasteiger partial charge in [-0.1, -0.05) is 30.9 Å². The van der Waals surface area contributed by atoms with Crippen LogP contribution in [0, 0.1) is 0 Å². The van der Waals surface area contributed by atoms with Gasteiger partial charge in [0.1, 0.15) is 11.4 Å². The maximum absolute atomic E-state index is 10.3. The predicted octanol–water partition coefficient (Wildman–Crippen LogP) is 5.58. The Morgan fingerprint density at radius 3 is 2.30 bits per heavy atom. The molecule has 0 spiro atoms. The Balaban J connectivity index is 2.87. The van der Waals surface area contributed by atoms with Crippen LogP contribution in [0.4, 0.5) is 0 Å². The molecule has 0 saturated carbocycles. The van der Waals surface area contributed by atoms with Crippen LogP contribution in [0.1, 0.15) is 46.3 Å². The highest BCUT2D eigenvalue weighted by molar-refractivity contribution is 7.98. The van der Waals surface area contributed by atoms with Crippen LogP contribution in [0.5, 0.6) is 0 Å². The van der Waals surface area contributed by atoms with Gasteiger partial charge in [-0.3, -0.25) is 0 Å². The van der Waals surface area contributed by atoms with E-state index < -0.39 is 11.7 Å². The Hall–Kier alpha value is -1.75. The molecule has 1 aromatic rings. The molecule has 0 radical (unpaired) electrons. The number of aliphatic hydroxyl groups excluding tert-OH is 2. The van der Waals surface area contributed by atoms with E-state index in [1.165, 1.54) is 0 Å². The molecule has 0 aliphatic heterocycles. The van der Waals surface area contributed by atoms with Crippen molar-refractivity contribution in [3.8, 4) is 0 Å². The third kappa shape index (κ3) is 7.79. The molecule has 148 valence electrons. The van der Waals surface area contributed by atoms with Gasteiger partial charge >= 0.3 is 0 Å². The normalized spacial score (nSPS) is 13.6. The molecule has 0 aromatic heterocycles. The lowest BCUT2D eigenvalue weighted by Gasteiger charge is -2.27. The fourth-order valence-corrected chi connectivity index (χ4v) is 2.81. The predicted molar refractivity (Wildman–Crippen MR) is 116 cm³/mol. The minimum atomic E-state index is -0.682. The molecule has 0 saturated heterocycles. The van der Waals surface area contributed by atoms with Crippen LogP contribution in [0.2, 0.25) is 0 Å². The zero-order valence-electron chi connectivity index (χ0n) is 17.2. The van der Waals surface area contributed by atoms with E-state index in [2.05, 4.69) is 6.58 Å². The number of allylic oxidation sites excluding steroid dienone is 5. The van der Waals surface area contributed by atoms with Crippen molar-refractivity contribution in [3.63, 3.8) is 0 Å². The molecular formula is C23H32O3S. The van der Waals surface area contributed by atoms with Gasteiger partial charge < -0.3 is 14.9 Å². The summed E-state index contributed by atoms with van der Waals surface area (Å²) in [5.74, 6) is 0.747. The lowest BCUT2D eigenvalue weighted by atomic mass is 10.1. The second kappa shape index (κ2) is 10.5. The number of hydrogen-bond donors (Lipinski definition) is 2. The average Bonchev–Trinajstić information content (AvgIpc) is 2.64. The number of rotatable bonds is 9. The van der Waals surface area contributed by atoms with Crippen molar-refractivity contribution in [2.24, 2.45) is 0 Å². The molecule has 1 atom stereocenters. The maximum atomic E-state index is 10.3. The first-order chi connectivity index (χ1) is 12.6. The molecule has 4 heteroatoms. The topological polar surface area (TPSA) is 49.7 Å². The zero-order valence-corrected chi connectivity index (χ0v) is 18.1. The first kappa shape index (κ1) is 23.3. The highest BCUT2D eigenvalue weighted by atomic mass is 32.2. The first-order valence-corrected chi connectivity index (χ1v) is 10.2. The van der Waals surface area contributed by atoms with E-state index in [0.29, 0.717) is 0 Å². The summed E-state index contributed by atoms with van der Waals surface area (Å²) in [5.41, 5.74) is 2.89. The van der Waals surface area contributed by atoms with Crippen LogP contribution in [0.15, 0.2) is 76.4 Å². The largest absolute Gasteiger partial charge is 0.485 e. The molecule has 0 bridgehead atoms. The summed E-state index contributed by atoms with van der Waals surface area (Å²) in [5, 5.41) is 19.8. The quantitative estimate of drug-likeness (QED) is 0.329. The Labute approximate surface area is 168 Å². The van der Waals surface area contributed by atoms with Crippen molar-refractivity contribution in [1.29, 1.82) is 0 Å². The monoisotopic (exact) mass is 388 g/mol. The smallest absolute Gasteiger partial charge is 0.126 e. The molecule has 0 aliphatic rings. The van der Waals surface area contributed by atoms with Crippen LogP contribution in [0.3, 0.4) is 0 Å². The summed E-state index contributed by atoms with van der Waals surface area (Å²) in [6.45, 7) is 13.6. The number of aliphatic hydroxyl groups is 2. The summed E-state index contributed by atoms with van der Waals surface area (Å²) >= 11 is 1.67. The summed E-state index contributed by atoms with van der Waals surface area (Å²) in [4.78, 5) is 1.16. The van der Waals surface area contributed by atoms with E-state index in [1.54, 1.807) is 23.9 Å². The van der Waals surface area contributed by atoms with Crippen molar-refractivity contribution in [1.82, 2.24) is 0 Å². The Morgan fingerprint density at radius 1 is 1.22 bits per heavy atom. The molecule has 1 unspecified atom stereocenters. The number of ether oxygens (including phenoxy) is 1. The number of thioether (sulfide) groups is 1. The molecule has 0 fully saturated rings. The van der Waals surface area contributed by atoms with Gasteiger partial charge in [0.25, 0.3) is 0 Å². The summed E-state index contributed by atoms with van der Waals surface area (Å²) in [7, 11) is 0. The Kier molecular flexibility index (Phi) is 9.10. The number of benzene rings is 1. The van der Waals surface area contributed by atoms with E-state index in [9.17, 15) is 10.2 Å². The third-order valence-corrected chi connectivity index (χ3v) is 4.67. The van der Waals surface area contributed by atoms with Crippen molar-refractivity contribution in [3.05, 3.63) is 77.1 Å². The Morgan fingerprint density at radius 2 is 1.81 bits per heavy atom. The zero-order chi connectivity index (χ0) is 20.6. The van der Waals surface area contributed by atoms with Crippen LogP contribution in [0.25, 0.3) is 0 Å². The van der Waals surface area contributed by atoms with Gasteiger partial charge in [0.2, 0.25) is 0 Å². The molecule has 0 aliphatic carbocycles. The van der Waals surface area contributed by atoms with Crippen molar-refractivity contribution in [2.45, 2.75) is 51.2 Å². The molecule has 3 nitrogen and oxygen atoms in total. The molecule has 2 N–H and O–H groups in total. The molecular weight excluding hydrogens is 356 g/mol. The van der Waals surface area contributed by atoms with Crippen molar-refractivity contribution in [2.75, 3.05) is 12.9 Å². The van der Waals surface area contributed by atoms with E-state index in [0.717, 1.165) is 32.9 Å². The van der Waals surface area contributed by atoms with E-state index in [4.69, 9.17) is 4.74 Å². The maximum Gasteiger partial charge on any atom is 0.126 e. The molecule has 0 heterocycles. The SMILES string of the molecule is C=C(/C=C(/C)C(OC(C)(C)CO)=C(C)C)/C=C/C(O)c1ccc(SC)cc1. The van der Waals surface area contributed by atoms with Gasteiger partial charge in [0.05, 0.1) is 12.7 Å². The van der Waals surface area contributed by atoms with Crippen LogP contribution in [-0.4, -0.2) is 28.7 Å². The highest BCUT2D eigenvalue weighted by Crippen LogP contribution is 2.25. The van der Waals surface area contributed by atoms with Gasteiger partial charge in [-0.15, -0.1) is 11.8 Å². The van der Waals surface area contributed by atoms with Crippen LogP contribution in [-0.2, 0) is 4.74 Å². The fraction of sp³-hybridized carbons (Fsp3) is 0.391. The molecule has 0 amide bonds. The summed E-state index contributed by atoms with van der Waals surface area (Å²) < 4.78 is 5.97. The minimum absolute atomic E-state index is 0.0700. The van der Waals surface area contributed by atoms with Crippen molar-refractivity contribution < 1.29 is 14.9 Å². The second-order valence-electron chi connectivity index (χ2n) is 7.33. The van der Waals surface area contributed by atoms with E-state index >= 15 is 0 Å². The van der Waals surface area contributed by atoms with Crippen LogP contribution >= 0.6 is 11.8 Å². The lowest BCUT2D eigenvalue weighted by Crippen LogP contribution is -2.29. The summed E-state index contributed by atoms with van der Waals surface area (Å²) in [6, 6.07) is 7.85. The first-order valence-electron chi connectivity index (χ1n) is 8.94. The van der Waals surface area contributed by atoms with Crippen molar-refractivity contribution >= 4 is 11.8 Å². The van der Waals surface area contributed by atoms with Gasteiger partial charge in [0, 0.05) is 4.90 Å². The van der Waals surface area contributed by atoms with Crippen LogP contribution < -0.4 is 0 Å². The van der Waals surface area contributed by atoms with Gasteiger partial charge in [-0.2, -0.15) is 0 Å². The third-order valence-electron chi connectivity index (χ3n) is 3.92. The second-order valence-corrected chi connectivity index (χ2v) is 8.21. The lowest BCUT2D eigenvalue weighted by molar-refractivity contribution is -0.0106.